The molecule has 1 aromatic heterocycles. The average Bonchev–Trinajstić information content (AvgIpc) is 3.46. The van der Waals surface area contributed by atoms with Crippen molar-refractivity contribution in [2.75, 3.05) is 6.54 Å². The van der Waals surface area contributed by atoms with Gasteiger partial charge >= 0.3 is 5.97 Å². The predicted molar refractivity (Wildman–Crippen MR) is 163 cm³/mol. The van der Waals surface area contributed by atoms with Crippen LogP contribution in [0.15, 0.2) is 77.7 Å². The first kappa shape index (κ1) is 30.7. The van der Waals surface area contributed by atoms with Crippen molar-refractivity contribution >= 4 is 26.9 Å². The van der Waals surface area contributed by atoms with E-state index in [0.717, 1.165) is 5.56 Å². The molecule has 1 fully saturated rings. The van der Waals surface area contributed by atoms with E-state index >= 15 is 0 Å². The summed E-state index contributed by atoms with van der Waals surface area (Å²) >= 11 is 0. The molecule has 5 rings (SSSR count). The highest BCUT2D eigenvalue weighted by Crippen LogP contribution is 2.43. The SMILES string of the molecule is CC(C)OC(=O)Cc1nn([C@H]2CN(S(=O)(=O)c3ccc(OC(C)C)cc3)[C@](C)(Cc3ccccc3)C2)c2cc(F)ccc12. The third kappa shape index (κ3) is 6.60. The number of sulfonamides is 1. The first-order valence-electron chi connectivity index (χ1n) is 14.6. The fraction of sp³-hybridized carbons (Fsp3) is 0.394. The minimum atomic E-state index is -3.95. The van der Waals surface area contributed by atoms with Gasteiger partial charge in [-0.1, -0.05) is 30.3 Å². The number of benzene rings is 3. The molecule has 228 valence electrons. The highest BCUT2D eigenvalue weighted by Gasteiger charge is 2.49. The monoisotopic (exact) mass is 607 g/mol. The molecule has 1 aliphatic heterocycles. The molecular weight excluding hydrogens is 569 g/mol. The van der Waals surface area contributed by atoms with Crippen LogP contribution in [0.25, 0.3) is 10.9 Å². The number of fused-ring (bicyclic) bond motifs is 1. The maximum absolute atomic E-state index is 14.5. The van der Waals surface area contributed by atoms with Crippen LogP contribution in [0.4, 0.5) is 4.39 Å². The number of carbonyl (C=O) groups is 1. The van der Waals surface area contributed by atoms with Crippen LogP contribution in [-0.4, -0.2) is 52.8 Å². The van der Waals surface area contributed by atoms with Crippen molar-refractivity contribution < 1.29 is 27.1 Å². The lowest BCUT2D eigenvalue weighted by Crippen LogP contribution is -2.46. The van der Waals surface area contributed by atoms with E-state index in [-0.39, 0.29) is 30.1 Å². The lowest BCUT2D eigenvalue weighted by atomic mass is 9.90. The molecule has 1 aliphatic rings. The predicted octanol–water partition coefficient (Wildman–Crippen LogP) is 6.09. The van der Waals surface area contributed by atoms with Crippen LogP contribution in [0.1, 0.15) is 58.3 Å². The van der Waals surface area contributed by atoms with Crippen LogP contribution in [0.2, 0.25) is 0 Å². The normalized spacial score (nSPS) is 19.4. The summed E-state index contributed by atoms with van der Waals surface area (Å²) in [4.78, 5) is 12.7. The summed E-state index contributed by atoms with van der Waals surface area (Å²) in [6.07, 6.45) is 0.505. The summed E-state index contributed by atoms with van der Waals surface area (Å²) in [5.41, 5.74) is 1.15. The third-order valence-corrected chi connectivity index (χ3v) is 9.67. The maximum atomic E-state index is 14.5. The summed E-state index contributed by atoms with van der Waals surface area (Å²) in [6, 6.07) is 20.2. The number of aromatic nitrogens is 2. The van der Waals surface area contributed by atoms with E-state index in [1.165, 1.54) is 12.1 Å². The Labute approximate surface area is 252 Å². The summed E-state index contributed by atoms with van der Waals surface area (Å²) in [5, 5.41) is 5.41. The quantitative estimate of drug-likeness (QED) is 0.203. The molecule has 0 N–H and O–H groups in total. The fourth-order valence-corrected chi connectivity index (χ4v) is 7.77. The van der Waals surface area contributed by atoms with Gasteiger partial charge in [0.2, 0.25) is 10.0 Å². The van der Waals surface area contributed by atoms with Gasteiger partial charge < -0.3 is 9.47 Å². The van der Waals surface area contributed by atoms with Crippen LogP contribution in [-0.2, 0) is 32.4 Å². The second-order valence-electron chi connectivity index (χ2n) is 12.0. The second kappa shape index (κ2) is 12.1. The highest BCUT2D eigenvalue weighted by atomic mass is 32.2. The first-order valence-corrected chi connectivity index (χ1v) is 16.0. The van der Waals surface area contributed by atoms with Crippen LogP contribution in [0.3, 0.4) is 0 Å². The zero-order chi connectivity index (χ0) is 30.9. The Bertz CT molecular complexity index is 1700. The molecule has 43 heavy (non-hydrogen) atoms. The van der Waals surface area contributed by atoms with Gasteiger partial charge in [0, 0.05) is 17.5 Å². The number of nitrogens with zero attached hydrogens (tertiary/aromatic N) is 3. The molecule has 1 saturated heterocycles. The molecule has 3 aromatic carbocycles. The Morgan fingerprint density at radius 2 is 1.72 bits per heavy atom. The van der Waals surface area contributed by atoms with E-state index < -0.39 is 33.4 Å². The second-order valence-corrected chi connectivity index (χ2v) is 13.8. The number of carbonyl (C=O) groups excluding carboxylic acids is 1. The van der Waals surface area contributed by atoms with Crippen molar-refractivity contribution in [1.82, 2.24) is 14.1 Å². The number of rotatable bonds is 10. The fourth-order valence-electron chi connectivity index (χ4n) is 5.95. The van der Waals surface area contributed by atoms with Gasteiger partial charge in [-0.2, -0.15) is 9.40 Å². The first-order chi connectivity index (χ1) is 20.4. The molecule has 4 aromatic rings. The topological polar surface area (TPSA) is 90.7 Å². The summed E-state index contributed by atoms with van der Waals surface area (Å²) in [7, 11) is -3.95. The number of halogens is 1. The Morgan fingerprint density at radius 1 is 1.02 bits per heavy atom. The Morgan fingerprint density at radius 3 is 2.37 bits per heavy atom. The van der Waals surface area contributed by atoms with E-state index in [9.17, 15) is 17.6 Å². The van der Waals surface area contributed by atoms with E-state index in [1.54, 1.807) is 53.2 Å². The standard InChI is InChI=1S/C33H38FN3O5S/c1-22(2)41-27-12-14-28(15-13-27)43(39,40)36-21-26(20-33(36,5)19-24-9-7-6-8-10-24)37-31-17-25(34)11-16-29(31)30(35-37)18-32(38)42-23(3)4/h6-17,22-23,26H,18-21H2,1-5H3/t26-,33-/m1/s1. The summed E-state index contributed by atoms with van der Waals surface area (Å²) in [6.45, 7) is 9.44. The van der Waals surface area contributed by atoms with Crippen molar-refractivity contribution in [3.63, 3.8) is 0 Å². The average molecular weight is 608 g/mol. The van der Waals surface area contributed by atoms with Gasteiger partial charge in [-0.3, -0.25) is 9.48 Å². The summed E-state index contributed by atoms with van der Waals surface area (Å²) in [5.74, 6) is -0.280. The molecule has 0 spiro atoms. The minimum absolute atomic E-state index is 0.0400. The van der Waals surface area contributed by atoms with Gasteiger partial charge in [0.25, 0.3) is 0 Å². The lowest BCUT2D eigenvalue weighted by molar-refractivity contribution is -0.146. The van der Waals surface area contributed by atoms with Gasteiger partial charge in [0.1, 0.15) is 11.6 Å². The largest absolute Gasteiger partial charge is 0.491 e. The van der Waals surface area contributed by atoms with Crippen LogP contribution < -0.4 is 4.74 Å². The molecule has 0 saturated carbocycles. The maximum Gasteiger partial charge on any atom is 0.312 e. The lowest BCUT2D eigenvalue weighted by Gasteiger charge is -2.34. The van der Waals surface area contributed by atoms with Gasteiger partial charge in [-0.25, -0.2) is 12.8 Å². The molecule has 0 unspecified atom stereocenters. The molecule has 0 aliphatic carbocycles. The van der Waals surface area contributed by atoms with Crippen molar-refractivity contribution in [1.29, 1.82) is 0 Å². The van der Waals surface area contributed by atoms with Crippen LogP contribution >= 0.6 is 0 Å². The van der Waals surface area contributed by atoms with Crippen molar-refractivity contribution in [3.8, 4) is 5.75 Å². The number of esters is 1. The molecule has 2 heterocycles. The Hall–Kier alpha value is -3.76. The molecule has 0 bridgehead atoms. The summed E-state index contributed by atoms with van der Waals surface area (Å²) < 4.78 is 57.4. The number of ether oxygens (including phenoxy) is 2. The molecular formula is C33H38FN3O5S. The van der Waals surface area contributed by atoms with Crippen molar-refractivity contribution in [3.05, 3.63) is 89.9 Å². The van der Waals surface area contributed by atoms with Crippen molar-refractivity contribution in [2.45, 2.75) is 82.6 Å². The highest BCUT2D eigenvalue weighted by molar-refractivity contribution is 7.89. The van der Waals surface area contributed by atoms with Crippen LogP contribution in [0, 0.1) is 5.82 Å². The zero-order valence-electron chi connectivity index (χ0n) is 25.2. The van der Waals surface area contributed by atoms with E-state index in [4.69, 9.17) is 14.6 Å². The van der Waals surface area contributed by atoms with Gasteiger partial charge in [0.05, 0.1) is 40.8 Å². The van der Waals surface area contributed by atoms with E-state index in [2.05, 4.69) is 0 Å². The van der Waals surface area contributed by atoms with Gasteiger partial charge in [-0.15, -0.1) is 0 Å². The van der Waals surface area contributed by atoms with Gasteiger partial charge in [0.15, 0.2) is 0 Å². The molecule has 2 atom stereocenters. The van der Waals surface area contributed by atoms with E-state index in [0.29, 0.717) is 35.2 Å². The van der Waals surface area contributed by atoms with Gasteiger partial charge in [-0.05, 0) is 95.5 Å². The Kier molecular flexibility index (Phi) is 8.63. The van der Waals surface area contributed by atoms with Crippen LogP contribution in [0.5, 0.6) is 5.75 Å². The molecule has 0 amide bonds. The zero-order valence-corrected chi connectivity index (χ0v) is 26.0. The number of hydrogen-bond acceptors (Lipinski definition) is 6. The molecule has 8 nitrogen and oxygen atoms in total. The minimum Gasteiger partial charge on any atom is -0.491 e. The third-order valence-electron chi connectivity index (χ3n) is 7.64. The Balaban J connectivity index is 1.55. The molecule has 10 heteroatoms. The smallest absolute Gasteiger partial charge is 0.312 e. The molecule has 0 radical (unpaired) electrons. The van der Waals surface area contributed by atoms with Crippen molar-refractivity contribution in [2.24, 2.45) is 0 Å². The van der Waals surface area contributed by atoms with E-state index in [1.807, 2.05) is 51.1 Å². The number of hydrogen-bond donors (Lipinski definition) is 0.